The lowest BCUT2D eigenvalue weighted by atomic mass is 10.1. The Hall–Kier alpha value is -1.30. The molecule has 0 bridgehead atoms. The van der Waals surface area contributed by atoms with Crippen molar-refractivity contribution in [3.05, 3.63) is 56.2 Å². The Labute approximate surface area is 133 Å². The minimum Gasteiger partial charge on any atom is -0.396 e. The molecule has 0 spiro atoms. The van der Waals surface area contributed by atoms with E-state index in [9.17, 15) is 9.18 Å². The molecule has 0 saturated heterocycles. The Morgan fingerprint density at radius 2 is 1.75 bits per heavy atom. The zero-order valence-corrected chi connectivity index (χ0v) is 13.0. The van der Waals surface area contributed by atoms with E-state index >= 15 is 0 Å². The highest BCUT2D eigenvalue weighted by Crippen LogP contribution is 2.26. The largest absolute Gasteiger partial charge is 0.396 e. The van der Waals surface area contributed by atoms with Crippen LogP contribution < -0.4 is 11.1 Å². The second kappa shape index (κ2) is 5.99. The first kappa shape index (κ1) is 15.1. The SMILES string of the molecule is Nc1cc(C(=O)Nc2cc(Cl)cc(Cl)c2)c(Br)cc1F. The van der Waals surface area contributed by atoms with Gasteiger partial charge in [-0.15, -0.1) is 0 Å². The third-order valence-corrected chi connectivity index (χ3v) is 3.54. The number of nitrogens with two attached hydrogens (primary N) is 1. The van der Waals surface area contributed by atoms with Gasteiger partial charge in [-0.3, -0.25) is 4.79 Å². The molecular formula is C13H8BrCl2FN2O. The molecule has 0 aliphatic rings. The summed E-state index contributed by atoms with van der Waals surface area (Å²) in [5.74, 6) is -1.05. The quantitative estimate of drug-likeness (QED) is 0.743. The van der Waals surface area contributed by atoms with Crippen LogP contribution in [0.3, 0.4) is 0 Å². The van der Waals surface area contributed by atoms with E-state index in [1.54, 1.807) is 18.2 Å². The number of hydrogen-bond acceptors (Lipinski definition) is 2. The molecule has 2 rings (SSSR count). The molecule has 3 nitrogen and oxygen atoms in total. The van der Waals surface area contributed by atoms with Crippen LogP contribution in [0.25, 0.3) is 0 Å². The van der Waals surface area contributed by atoms with Crippen molar-refractivity contribution >= 4 is 56.4 Å². The Balaban J connectivity index is 2.30. The van der Waals surface area contributed by atoms with Crippen LogP contribution in [0.1, 0.15) is 10.4 Å². The van der Waals surface area contributed by atoms with Crippen LogP contribution in [0.4, 0.5) is 15.8 Å². The maximum atomic E-state index is 13.2. The van der Waals surface area contributed by atoms with Gasteiger partial charge in [0.15, 0.2) is 0 Å². The number of carbonyl (C=O) groups is 1. The molecule has 7 heteroatoms. The third-order valence-electron chi connectivity index (χ3n) is 2.45. The molecule has 2 aromatic rings. The number of halogens is 4. The van der Waals surface area contributed by atoms with Gasteiger partial charge in [-0.1, -0.05) is 23.2 Å². The first-order chi connectivity index (χ1) is 9.36. The van der Waals surface area contributed by atoms with Gasteiger partial charge in [0, 0.05) is 20.2 Å². The first-order valence-electron chi connectivity index (χ1n) is 5.39. The van der Waals surface area contributed by atoms with Gasteiger partial charge in [0.2, 0.25) is 0 Å². The summed E-state index contributed by atoms with van der Waals surface area (Å²) < 4.78 is 13.5. The van der Waals surface area contributed by atoms with Crippen LogP contribution in [0.2, 0.25) is 10.0 Å². The number of carbonyl (C=O) groups excluding carboxylic acids is 1. The van der Waals surface area contributed by atoms with E-state index in [4.69, 9.17) is 28.9 Å². The average molecular weight is 378 g/mol. The fraction of sp³-hybridized carbons (Fsp3) is 0. The highest BCUT2D eigenvalue weighted by atomic mass is 79.9. The molecule has 0 heterocycles. The molecule has 0 unspecified atom stereocenters. The van der Waals surface area contributed by atoms with Crippen LogP contribution in [0.15, 0.2) is 34.8 Å². The molecule has 0 aromatic heterocycles. The topological polar surface area (TPSA) is 55.1 Å². The zero-order chi connectivity index (χ0) is 14.9. The maximum absolute atomic E-state index is 13.2. The van der Waals surface area contributed by atoms with Crippen molar-refractivity contribution in [3.8, 4) is 0 Å². The summed E-state index contributed by atoms with van der Waals surface area (Å²) in [7, 11) is 0. The number of benzene rings is 2. The van der Waals surface area contributed by atoms with Crippen LogP contribution in [0, 0.1) is 5.82 Å². The second-order valence-corrected chi connectivity index (χ2v) is 5.69. The van der Waals surface area contributed by atoms with Gasteiger partial charge in [-0.2, -0.15) is 0 Å². The Kier molecular flexibility index (Phi) is 4.52. The lowest BCUT2D eigenvalue weighted by Gasteiger charge is -2.09. The Morgan fingerprint density at radius 3 is 2.35 bits per heavy atom. The van der Waals surface area contributed by atoms with Gasteiger partial charge < -0.3 is 11.1 Å². The number of rotatable bonds is 2. The average Bonchev–Trinajstić information content (AvgIpc) is 2.32. The summed E-state index contributed by atoms with van der Waals surface area (Å²) in [5, 5.41) is 3.40. The predicted octanol–water partition coefficient (Wildman–Crippen LogP) is 4.73. The molecule has 0 radical (unpaired) electrons. The van der Waals surface area contributed by atoms with Gasteiger partial charge in [0.05, 0.1) is 11.3 Å². The number of hydrogen-bond donors (Lipinski definition) is 2. The van der Waals surface area contributed by atoms with Crippen LogP contribution in [-0.4, -0.2) is 5.91 Å². The fourth-order valence-corrected chi connectivity index (χ4v) is 2.59. The van der Waals surface area contributed by atoms with Gasteiger partial charge >= 0.3 is 0 Å². The van der Waals surface area contributed by atoms with Gasteiger partial charge in [0.25, 0.3) is 5.91 Å². The molecule has 0 atom stereocenters. The summed E-state index contributed by atoms with van der Waals surface area (Å²) in [6.07, 6.45) is 0. The minimum absolute atomic E-state index is 0.109. The summed E-state index contributed by atoms with van der Waals surface area (Å²) in [6, 6.07) is 7.03. The molecule has 2 aromatic carbocycles. The standard InChI is InChI=1S/C13H8BrCl2FN2O/c14-10-5-11(17)12(18)4-9(10)13(20)19-8-2-6(15)1-7(16)3-8/h1-5H,18H2,(H,19,20). The Bertz CT molecular complexity index is 674. The number of amides is 1. The Morgan fingerprint density at radius 1 is 1.15 bits per heavy atom. The molecule has 0 aliphatic heterocycles. The van der Waals surface area contributed by atoms with Gasteiger partial charge in [-0.05, 0) is 46.3 Å². The molecule has 20 heavy (non-hydrogen) atoms. The van der Waals surface area contributed by atoms with Crippen molar-refractivity contribution < 1.29 is 9.18 Å². The summed E-state index contributed by atoms with van der Waals surface area (Å²) >= 11 is 14.8. The minimum atomic E-state index is -0.598. The van der Waals surface area contributed by atoms with Crippen LogP contribution >= 0.6 is 39.1 Å². The molecule has 0 fully saturated rings. The van der Waals surface area contributed by atoms with E-state index < -0.39 is 11.7 Å². The summed E-state index contributed by atoms with van der Waals surface area (Å²) in [6.45, 7) is 0. The van der Waals surface area contributed by atoms with Gasteiger partial charge in [-0.25, -0.2) is 4.39 Å². The van der Waals surface area contributed by atoms with Crippen molar-refractivity contribution in [2.24, 2.45) is 0 Å². The van der Waals surface area contributed by atoms with E-state index in [-0.39, 0.29) is 11.3 Å². The van der Waals surface area contributed by atoms with Crippen molar-refractivity contribution in [1.82, 2.24) is 0 Å². The monoisotopic (exact) mass is 376 g/mol. The molecular weight excluding hydrogens is 370 g/mol. The number of anilines is 2. The van der Waals surface area contributed by atoms with E-state index in [0.29, 0.717) is 20.2 Å². The highest BCUT2D eigenvalue weighted by Gasteiger charge is 2.14. The van der Waals surface area contributed by atoms with E-state index in [2.05, 4.69) is 21.2 Å². The zero-order valence-electron chi connectivity index (χ0n) is 9.88. The van der Waals surface area contributed by atoms with Crippen molar-refractivity contribution in [2.75, 3.05) is 11.1 Å². The van der Waals surface area contributed by atoms with Gasteiger partial charge in [0.1, 0.15) is 5.82 Å². The molecule has 1 amide bonds. The van der Waals surface area contributed by atoms with Crippen molar-refractivity contribution in [2.45, 2.75) is 0 Å². The van der Waals surface area contributed by atoms with Crippen molar-refractivity contribution in [1.29, 1.82) is 0 Å². The lowest BCUT2D eigenvalue weighted by molar-refractivity contribution is 0.102. The smallest absolute Gasteiger partial charge is 0.256 e. The predicted molar refractivity (Wildman–Crippen MR) is 82.9 cm³/mol. The van der Waals surface area contributed by atoms with E-state index in [1.807, 2.05) is 0 Å². The van der Waals surface area contributed by atoms with E-state index in [0.717, 1.165) is 6.07 Å². The highest BCUT2D eigenvalue weighted by molar-refractivity contribution is 9.10. The molecule has 0 aliphatic carbocycles. The normalized spacial score (nSPS) is 10.4. The molecule has 104 valence electrons. The van der Waals surface area contributed by atoms with Crippen LogP contribution in [-0.2, 0) is 0 Å². The summed E-state index contributed by atoms with van der Waals surface area (Å²) in [5.41, 5.74) is 5.98. The first-order valence-corrected chi connectivity index (χ1v) is 6.93. The number of nitrogens with one attached hydrogen (secondary N) is 1. The second-order valence-electron chi connectivity index (χ2n) is 3.97. The van der Waals surface area contributed by atoms with E-state index in [1.165, 1.54) is 6.07 Å². The molecule has 3 N–H and O–H groups in total. The third kappa shape index (κ3) is 3.42. The maximum Gasteiger partial charge on any atom is 0.256 e. The lowest BCUT2D eigenvalue weighted by Crippen LogP contribution is -2.13. The summed E-state index contributed by atoms with van der Waals surface area (Å²) in [4.78, 5) is 12.1. The van der Waals surface area contributed by atoms with Crippen LogP contribution in [0.5, 0.6) is 0 Å². The molecule has 0 saturated carbocycles. The fourth-order valence-electron chi connectivity index (χ4n) is 1.56. The number of nitrogen functional groups attached to an aromatic ring is 1. The van der Waals surface area contributed by atoms with Crippen molar-refractivity contribution in [3.63, 3.8) is 0 Å².